The first-order valence-corrected chi connectivity index (χ1v) is 7.70. The van der Waals surface area contributed by atoms with Gasteiger partial charge in [0, 0.05) is 6.54 Å². The number of carbonyl (C=O) groups is 1. The smallest absolute Gasteiger partial charge is 0.444 e. The van der Waals surface area contributed by atoms with Gasteiger partial charge in [-0.1, -0.05) is 0 Å². The highest BCUT2D eigenvalue weighted by molar-refractivity contribution is 7.88. The number of hydrogen-bond donors (Lipinski definition) is 0. The predicted octanol–water partition coefficient (Wildman–Crippen LogP) is 1.89. The topological polar surface area (TPSA) is 85.3 Å². The van der Waals surface area contributed by atoms with Gasteiger partial charge in [0.25, 0.3) is 0 Å². The first-order chi connectivity index (χ1) is 9.74. The highest BCUT2D eigenvalue weighted by Gasteiger charge is 2.50. The van der Waals surface area contributed by atoms with Crippen LogP contribution in [-0.2, 0) is 19.0 Å². The van der Waals surface area contributed by atoms with Crippen LogP contribution in [0.15, 0.2) is 4.99 Å². The monoisotopic (exact) mass is 346 g/mol. The zero-order valence-corrected chi connectivity index (χ0v) is 13.3. The molecule has 0 spiro atoms. The van der Waals surface area contributed by atoms with Crippen molar-refractivity contribution < 1.29 is 35.3 Å². The number of amides is 1. The minimum absolute atomic E-state index is 0.0784. The van der Waals surface area contributed by atoms with Gasteiger partial charge in [-0.25, -0.2) is 4.79 Å². The first-order valence-electron chi connectivity index (χ1n) is 6.29. The third-order valence-corrected chi connectivity index (χ3v) is 3.50. The van der Waals surface area contributed by atoms with Gasteiger partial charge in [0.15, 0.2) is 0 Å². The van der Waals surface area contributed by atoms with Crippen LogP contribution in [0.1, 0.15) is 27.7 Å². The van der Waals surface area contributed by atoms with E-state index >= 15 is 0 Å². The summed E-state index contributed by atoms with van der Waals surface area (Å²) in [5, 5.41) is 0. The molecule has 0 aromatic heterocycles. The molecule has 0 aliphatic carbocycles. The largest absolute Gasteiger partial charge is 0.534 e. The number of alkyl halides is 3. The zero-order valence-electron chi connectivity index (χ0n) is 12.5. The summed E-state index contributed by atoms with van der Waals surface area (Å²) in [5.74, 6) is -0.700. The van der Waals surface area contributed by atoms with Crippen molar-refractivity contribution in [1.82, 2.24) is 4.90 Å². The molecule has 0 unspecified atom stereocenters. The van der Waals surface area contributed by atoms with Crippen molar-refractivity contribution in [3.8, 4) is 0 Å². The Kier molecular flexibility index (Phi) is 5.00. The van der Waals surface area contributed by atoms with Crippen molar-refractivity contribution in [1.29, 1.82) is 0 Å². The molecule has 0 saturated heterocycles. The summed E-state index contributed by atoms with van der Waals surface area (Å²) in [6, 6.07) is -1.10. The maximum Gasteiger partial charge on any atom is 0.534 e. The van der Waals surface area contributed by atoms with Crippen LogP contribution in [0.3, 0.4) is 0 Å². The van der Waals surface area contributed by atoms with Gasteiger partial charge >= 0.3 is 21.7 Å². The summed E-state index contributed by atoms with van der Waals surface area (Å²) in [6.07, 6.45) is -0.791. The number of aliphatic imine (C=N–C) groups is 1. The van der Waals surface area contributed by atoms with E-state index in [1.807, 2.05) is 0 Å². The van der Waals surface area contributed by atoms with Crippen LogP contribution >= 0.6 is 0 Å². The number of nitrogens with zero attached hydrogens (tertiary/aromatic N) is 2. The standard InChI is InChI=1S/C11H17F3N2O5S/c1-7-8(21-22(18,19)11(12,13)14)15-5-6-16(7)9(17)20-10(2,3)4/h7H,5-6H2,1-4H3/t7-/m1/s1. The molecule has 1 amide bonds. The molecule has 0 aromatic carbocycles. The van der Waals surface area contributed by atoms with E-state index in [1.54, 1.807) is 20.8 Å². The molecule has 11 heteroatoms. The lowest BCUT2D eigenvalue weighted by Crippen LogP contribution is -2.51. The average molecular weight is 346 g/mol. The third-order valence-electron chi connectivity index (χ3n) is 2.54. The molecule has 1 aliphatic heterocycles. The quantitative estimate of drug-likeness (QED) is 0.535. The Labute approximate surface area is 126 Å². The molecule has 0 bridgehead atoms. The number of halogens is 3. The van der Waals surface area contributed by atoms with E-state index in [0.29, 0.717) is 0 Å². The summed E-state index contributed by atoms with van der Waals surface area (Å²) in [7, 11) is -5.82. The van der Waals surface area contributed by atoms with Crippen LogP contribution in [-0.4, -0.2) is 55.5 Å². The predicted molar refractivity (Wildman–Crippen MR) is 70.8 cm³/mol. The molecule has 0 radical (unpaired) electrons. The van der Waals surface area contributed by atoms with Gasteiger partial charge in [0.1, 0.15) is 11.6 Å². The Morgan fingerprint density at radius 2 is 1.86 bits per heavy atom. The fourth-order valence-electron chi connectivity index (χ4n) is 1.55. The van der Waals surface area contributed by atoms with Crippen LogP contribution in [0, 0.1) is 0 Å². The lowest BCUT2D eigenvalue weighted by molar-refractivity contribution is -0.0507. The number of rotatable bonds is 1. The molecule has 22 heavy (non-hydrogen) atoms. The van der Waals surface area contributed by atoms with Crippen LogP contribution < -0.4 is 0 Å². The molecule has 0 saturated carbocycles. The molecular weight excluding hydrogens is 329 g/mol. The molecule has 128 valence electrons. The number of ether oxygens (including phenoxy) is 1. The second kappa shape index (κ2) is 5.94. The van der Waals surface area contributed by atoms with Gasteiger partial charge in [0.2, 0.25) is 5.90 Å². The summed E-state index contributed by atoms with van der Waals surface area (Å²) in [5.41, 5.74) is -6.37. The number of hydrogen-bond acceptors (Lipinski definition) is 6. The highest BCUT2D eigenvalue weighted by atomic mass is 32.2. The van der Waals surface area contributed by atoms with Gasteiger partial charge in [0.05, 0.1) is 6.54 Å². The average Bonchev–Trinajstić information content (AvgIpc) is 2.27. The van der Waals surface area contributed by atoms with Gasteiger partial charge in [-0.2, -0.15) is 21.6 Å². The van der Waals surface area contributed by atoms with Gasteiger partial charge in [-0.05, 0) is 27.7 Å². The molecule has 1 heterocycles. The lowest BCUT2D eigenvalue weighted by atomic mass is 10.2. The van der Waals surface area contributed by atoms with Crippen LogP contribution in [0.25, 0.3) is 0 Å². The molecule has 1 rings (SSSR count). The molecule has 1 aliphatic rings. The Morgan fingerprint density at radius 1 is 1.32 bits per heavy atom. The minimum atomic E-state index is -5.82. The summed E-state index contributed by atoms with van der Waals surface area (Å²) < 4.78 is 68.1. The second-order valence-corrected chi connectivity index (χ2v) is 7.09. The Balaban J connectivity index is 2.89. The Bertz CT molecular complexity index is 565. The van der Waals surface area contributed by atoms with Gasteiger partial charge in [-0.3, -0.25) is 9.89 Å². The lowest BCUT2D eigenvalue weighted by Gasteiger charge is -2.33. The molecule has 7 nitrogen and oxygen atoms in total. The van der Waals surface area contributed by atoms with E-state index in [4.69, 9.17) is 4.74 Å². The fourth-order valence-corrected chi connectivity index (χ4v) is 2.06. The van der Waals surface area contributed by atoms with Crippen molar-refractivity contribution in [2.75, 3.05) is 13.1 Å². The van der Waals surface area contributed by atoms with E-state index in [2.05, 4.69) is 9.18 Å². The first kappa shape index (κ1) is 18.5. The molecule has 0 aromatic rings. The summed E-state index contributed by atoms with van der Waals surface area (Å²) >= 11 is 0. The van der Waals surface area contributed by atoms with Crippen LogP contribution in [0.4, 0.5) is 18.0 Å². The van der Waals surface area contributed by atoms with Gasteiger partial charge in [-0.15, -0.1) is 0 Å². The van der Waals surface area contributed by atoms with E-state index in [-0.39, 0.29) is 13.1 Å². The van der Waals surface area contributed by atoms with Crippen LogP contribution in [0.5, 0.6) is 0 Å². The van der Waals surface area contributed by atoms with E-state index in [9.17, 15) is 26.4 Å². The molecular formula is C11H17F3N2O5S. The third kappa shape index (κ3) is 4.49. The van der Waals surface area contributed by atoms with E-state index in [1.165, 1.54) is 6.92 Å². The highest BCUT2D eigenvalue weighted by Crippen LogP contribution is 2.26. The maximum absolute atomic E-state index is 12.3. The van der Waals surface area contributed by atoms with Crippen molar-refractivity contribution in [2.24, 2.45) is 4.99 Å². The Morgan fingerprint density at radius 3 is 2.32 bits per heavy atom. The van der Waals surface area contributed by atoms with E-state index < -0.39 is 39.3 Å². The van der Waals surface area contributed by atoms with Gasteiger partial charge < -0.3 is 8.92 Å². The van der Waals surface area contributed by atoms with Crippen molar-refractivity contribution in [3.05, 3.63) is 0 Å². The molecule has 0 N–H and O–H groups in total. The van der Waals surface area contributed by atoms with Crippen molar-refractivity contribution in [3.63, 3.8) is 0 Å². The molecule has 1 atom stereocenters. The zero-order chi connectivity index (χ0) is 17.3. The fraction of sp³-hybridized carbons (Fsp3) is 0.818. The maximum atomic E-state index is 12.3. The number of carbonyl (C=O) groups excluding carboxylic acids is 1. The normalized spacial score (nSPS) is 20.4. The van der Waals surface area contributed by atoms with Crippen molar-refractivity contribution in [2.45, 2.75) is 44.8 Å². The molecule has 0 fully saturated rings. The second-order valence-electron chi connectivity index (χ2n) is 5.55. The van der Waals surface area contributed by atoms with E-state index in [0.717, 1.165) is 4.90 Å². The summed E-state index contributed by atoms with van der Waals surface area (Å²) in [6.45, 7) is 6.16. The van der Waals surface area contributed by atoms with Crippen molar-refractivity contribution >= 4 is 22.1 Å². The minimum Gasteiger partial charge on any atom is -0.444 e. The summed E-state index contributed by atoms with van der Waals surface area (Å²) in [4.78, 5) is 16.6. The Hall–Kier alpha value is -1.52. The SMILES string of the molecule is C[C@@H]1C(OS(=O)(=O)C(F)(F)F)=NCCN1C(=O)OC(C)(C)C. The van der Waals surface area contributed by atoms with Crippen LogP contribution in [0.2, 0.25) is 0 Å².